The SMILES string of the molecule is C#CC#CC#CC#COc1ccc(C)cc1NC(=O)C(C1=Nc2ccccc2S(=O)(=O)N1CCCCCCCCCCCCCCCCCC)n1cnc(C(=O)OC)c1C(=O)OC. The maximum atomic E-state index is 14.9. The lowest BCUT2D eigenvalue weighted by Crippen LogP contribution is -2.48. The van der Waals surface area contributed by atoms with Crippen LogP contribution in [-0.4, -0.2) is 66.7 Å². The molecule has 0 spiro atoms. The highest BCUT2D eigenvalue weighted by molar-refractivity contribution is 7.90. The summed E-state index contributed by atoms with van der Waals surface area (Å²) in [6, 6.07) is 9.42. The molecule has 63 heavy (non-hydrogen) atoms. The number of para-hydroxylation sites is 1. The molecule has 2 heterocycles. The lowest BCUT2D eigenvalue weighted by atomic mass is 10.0. The Kier molecular flexibility index (Phi) is 20.4. The number of aliphatic imine (C=N–C) groups is 1. The predicted octanol–water partition coefficient (Wildman–Crippen LogP) is 8.92. The lowest BCUT2D eigenvalue weighted by Gasteiger charge is -2.34. The molecule has 3 aromatic rings. The Morgan fingerprint density at radius 1 is 0.778 bits per heavy atom. The number of ether oxygens (including phenoxy) is 3. The monoisotopic (exact) mass is 875 g/mol. The van der Waals surface area contributed by atoms with Crippen LogP contribution in [0.2, 0.25) is 0 Å². The van der Waals surface area contributed by atoms with E-state index in [1.807, 2.05) is 0 Å². The second kappa shape index (κ2) is 26.1. The number of anilines is 1. The summed E-state index contributed by atoms with van der Waals surface area (Å²) >= 11 is 0. The van der Waals surface area contributed by atoms with Gasteiger partial charge < -0.3 is 24.1 Å². The van der Waals surface area contributed by atoms with E-state index in [-0.39, 0.29) is 34.4 Å². The predicted molar refractivity (Wildman–Crippen MR) is 244 cm³/mol. The van der Waals surface area contributed by atoms with Gasteiger partial charge in [-0.15, -0.1) is 6.42 Å². The molecule has 14 heteroatoms. The number of carbonyl (C=O) groups is 3. The number of hydrogen-bond donors (Lipinski definition) is 1. The van der Waals surface area contributed by atoms with Crippen molar-refractivity contribution in [3.8, 4) is 53.8 Å². The number of benzene rings is 2. The average molecular weight is 876 g/mol. The van der Waals surface area contributed by atoms with E-state index in [1.165, 1.54) is 82.8 Å². The number of unbranched alkanes of at least 4 members (excludes halogenated alkanes) is 15. The van der Waals surface area contributed by atoms with Crippen molar-refractivity contribution in [1.29, 1.82) is 0 Å². The molecular formula is C49H57N5O8S. The van der Waals surface area contributed by atoms with Gasteiger partial charge in [-0.25, -0.2) is 28.0 Å². The van der Waals surface area contributed by atoms with E-state index in [0.29, 0.717) is 6.42 Å². The zero-order valence-corrected chi connectivity index (χ0v) is 37.6. The molecule has 1 unspecified atom stereocenters. The first-order valence-electron chi connectivity index (χ1n) is 21.6. The average Bonchev–Trinajstić information content (AvgIpc) is 3.71. The van der Waals surface area contributed by atoms with Gasteiger partial charge in [-0.05, 0) is 60.9 Å². The van der Waals surface area contributed by atoms with Crippen LogP contribution in [0, 0.1) is 55.0 Å². The number of amidine groups is 1. The van der Waals surface area contributed by atoms with Crippen LogP contribution >= 0.6 is 0 Å². The van der Waals surface area contributed by atoms with Gasteiger partial charge in [0.25, 0.3) is 15.9 Å². The molecule has 1 aromatic heterocycles. The van der Waals surface area contributed by atoms with E-state index < -0.39 is 45.3 Å². The van der Waals surface area contributed by atoms with Crippen LogP contribution in [0.1, 0.15) is 142 Å². The number of terminal acetylenes is 1. The number of nitrogens with zero attached hydrogens (tertiary/aromatic N) is 4. The molecule has 13 nitrogen and oxygen atoms in total. The summed E-state index contributed by atoms with van der Waals surface area (Å²) in [4.78, 5) is 50.1. The first kappa shape index (κ1) is 49.2. The molecule has 1 aliphatic rings. The van der Waals surface area contributed by atoms with Gasteiger partial charge in [0, 0.05) is 24.3 Å². The number of fused-ring (bicyclic) bond motifs is 1. The van der Waals surface area contributed by atoms with E-state index >= 15 is 0 Å². The largest absolute Gasteiger partial charge is 0.464 e. The van der Waals surface area contributed by atoms with Crippen molar-refractivity contribution >= 4 is 45.1 Å². The number of aromatic nitrogens is 2. The van der Waals surface area contributed by atoms with Gasteiger partial charge in [0.15, 0.2) is 29.0 Å². The van der Waals surface area contributed by atoms with Crippen LogP contribution in [0.3, 0.4) is 0 Å². The molecule has 0 saturated heterocycles. The highest BCUT2D eigenvalue weighted by Gasteiger charge is 2.43. The van der Waals surface area contributed by atoms with E-state index in [1.54, 1.807) is 37.3 Å². The van der Waals surface area contributed by atoms with Crippen molar-refractivity contribution in [2.75, 3.05) is 26.1 Å². The zero-order chi connectivity index (χ0) is 45.5. The Labute approximate surface area is 372 Å². The molecule has 0 saturated carbocycles. The van der Waals surface area contributed by atoms with Crippen molar-refractivity contribution in [3.63, 3.8) is 0 Å². The van der Waals surface area contributed by atoms with Crippen LogP contribution in [0.5, 0.6) is 5.75 Å². The molecule has 2 aromatic carbocycles. The minimum atomic E-state index is -4.30. The maximum Gasteiger partial charge on any atom is 0.359 e. The van der Waals surface area contributed by atoms with Crippen molar-refractivity contribution in [2.45, 2.75) is 128 Å². The third-order valence-corrected chi connectivity index (χ3v) is 12.2. The fourth-order valence-electron chi connectivity index (χ4n) is 7.16. The van der Waals surface area contributed by atoms with Crippen molar-refractivity contribution in [1.82, 2.24) is 13.9 Å². The first-order valence-corrected chi connectivity index (χ1v) is 23.0. The summed E-state index contributed by atoms with van der Waals surface area (Å²) in [6.07, 6.45) is 27.0. The molecule has 0 bridgehead atoms. The van der Waals surface area contributed by atoms with Gasteiger partial charge >= 0.3 is 11.9 Å². The smallest absolute Gasteiger partial charge is 0.359 e. The minimum absolute atomic E-state index is 0.0228. The highest BCUT2D eigenvalue weighted by atomic mass is 32.2. The number of hydrogen-bond acceptors (Lipinski definition) is 10. The Morgan fingerprint density at radius 2 is 1.37 bits per heavy atom. The normalized spacial score (nSPS) is 12.6. The Bertz CT molecular complexity index is 2430. The molecule has 1 aliphatic heterocycles. The molecule has 0 fully saturated rings. The number of methoxy groups -OCH3 is 2. The summed E-state index contributed by atoms with van der Waals surface area (Å²) in [7, 11) is -2.09. The van der Waals surface area contributed by atoms with Crippen molar-refractivity contribution in [3.05, 3.63) is 65.7 Å². The fourth-order valence-corrected chi connectivity index (χ4v) is 8.78. The van der Waals surface area contributed by atoms with Crippen LogP contribution < -0.4 is 10.1 Å². The third kappa shape index (κ3) is 14.3. The van der Waals surface area contributed by atoms with Gasteiger partial charge in [-0.1, -0.05) is 121 Å². The topological polar surface area (TPSA) is 158 Å². The number of esters is 2. The molecule has 4 rings (SSSR count). The number of amides is 1. The fraction of sp³-hybridized carbons (Fsp3) is 0.449. The van der Waals surface area contributed by atoms with E-state index in [0.717, 1.165) is 60.7 Å². The van der Waals surface area contributed by atoms with Gasteiger partial charge in [-0.2, -0.15) is 0 Å². The molecule has 1 N–H and O–H groups in total. The van der Waals surface area contributed by atoms with E-state index in [2.05, 4.69) is 58.9 Å². The summed E-state index contributed by atoms with van der Waals surface area (Å²) in [5.74, 6) is 11.4. The molecular weight excluding hydrogens is 819 g/mol. The van der Waals surface area contributed by atoms with Crippen molar-refractivity contribution in [2.24, 2.45) is 4.99 Å². The van der Waals surface area contributed by atoms with Gasteiger partial charge in [0.05, 0.1) is 31.9 Å². The van der Waals surface area contributed by atoms with Crippen LogP contribution in [0.25, 0.3) is 0 Å². The Morgan fingerprint density at radius 3 is 1.98 bits per heavy atom. The van der Waals surface area contributed by atoms with E-state index in [9.17, 15) is 22.8 Å². The maximum absolute atomic E-state index is 14.9. The van der Waals surface area contributed by atoms with Crippen LogP contribution in [0.4, 0.5) is 11.4 Å². The Hall–Kier alpha value is -6.48. The highest BCUT2D eigenvalue weighted by Crippen LogP contribution is 2.37. The number of nitrogens with one attached hydrogen (secondary N) is 1. The summed E-state index contributed by atoms with van der Waals surface area (Å²) in [6.45, 7) is 4.01. The van der Waals surface area contributed by atoms with E-state index in [4.69, 9.17) is 25.6 Å². The summed E-state index contributed by atoms with van der Waals surface area (Å²) in [5.41, 5.74) is 0.0626. The van der Waals surface area contributed by atoms with Gasteiger partial charge in [-0.3, -0.25) is 9.10 Å². The number of carbonyl (C=O) groups excluding carboxylic acids is 3. The number of imidazole rings is 1. The molecule has 0 radical (unpaired) electrons. The number of rotatable bonds is 24. The minimum Gasteiger partial charge on any atom is -0.464 e. The second-order valence-electron chi connectivity index (χ2n) is 15.0. The lowest BCUT2D eigenvalue weighted by molar-refractivity contribution is -0.117. The standard InChI is InChI=1S/C49H57N5O8S/c1-6-8-10-12-14-15-16-17-18-19-20-21-22-23-24-28-34-54-46(51-39-30-26-27-31-42(39)63(54,58)59)45(53-37-50-43(48(56)60-4)44(53)49(57)61-5)47(55)52-40-36-38(3)32-33-41(40)62-35-29-25-13-11-9-7-2/h2,26-27,30-33,36-37,45H,6,8,10,12,14-24,28,34H2,1,3-5H3,(H,52,55). The van der Waals surface area contributed by atoms with Gasteiger partial charge in [0.2, 0.25) is 0 Å². The van der Waals surface area contributed by atoms with Crippen LogP contribution in [0.15, 0.2) is 58.7 Å². The zero-order valence-electron chi connectivity index (χ0n) is 36.8. The molecule has 1 atom stereocenters. The van der Waals surface area contributed by atoms with Gasteiger partial charge in [0.1, 0.15) is 11.0 Å². The van der Waals surface area contributed by atoms with Crippen molar-refractivity contribution < 1.29 is 37.0 Å². The number of sulfonamides is 1. The second-order valence-corrected chi connectivity index (χ2v) is 16.8. The molecule has 0 aliphatic carbocycles. The number of aryl methyl sites for hydroxylation is 1. The summed E-state index contributed by atoms with van der Waals surface area (Å²) < 4.78 is 46.8. The molecule has 1 amide bonds. The third-order valence-electron chi connectivity index (χ3n) is 10.4. The summed E-state index contributed by atoms with van der Waals surface area (Å²) in [5, 5.41) is 2.82. The molecule has 332 valence electrons. The Balaban J connectivity index is 1.61. The quantitative estimate of drug-likeness (QED) is 0.0527. The first-order chi connectivity index (χ1) is 30.6. The van der Waals surface area contributed by atoms with Crippen LogP contribution in [-0.2, 0) is 24.3 Å².